The molecule has 8 heteroatoms. The molecule has 1 amide bonds. The van der Waals surface area contributed by atoms with Crippen LogP contribution < -0.4 is 5.32 Å². The van der Waals surface area contributed by atoms with Crippen molar-refractivity contribution in [3.63, 3.8) is 0 Å². The average Bonchev–Trinajstić information content (AvgIpc) is 2.75. The van der Waals surface area contributed by atoms with E-state index in [-0.39, 0.29) is 17.4 Å². The summed E-state index contributed by atoms with van der Waals surface area (Å²) in [4.78, 5) is 26.9. The summed E-state index contributed by atoms with van der Waals surface area (Å²) in [6, 6.07) is 15.7. The molecule has 0 radical (unpaired) electrons. The normalized spacial score (nSPS) is 16.7. The van der Waals surface area contributed by atoms with E-state index in [4.69, 9.17) is 0 Å². The van der Waals surface area contributed by atoms with Gasteiger partial charge in [0.1, 0.15) is 6.04 Å². The van der Waals surface area contributed by atoms with E-state index in [1.807, 2.05) is 35.2 Å². The zero-order valence-corrected chi connectivity index (χ0v) is 18.1. The van der Waals surface area contributed by atoms with Gasteiger partial charge in [-0.1, -0.05) is 42.5 Å². The van der Waals surface area contributed by atoms with E-state index in [2.05, 4.69) is 5.32 Å². The first-order valence-corrected chi connectivity index (χ1v) is 11.6. The number of amides is 1. The second-order valence-corrected chi connectivity index (χ2v) is 9.53. The van der Waals surface area contributed by atoms with E-state index < -0.39 is 16.1 Å². The lowest BCUT2D eigenvalue weighted by Crippen LogP contribution is -2.51. The molecule has 0 aromatic heterocycles. The Morgan fingerprint density at radius 2 is 1.67 bits per heavy atom. The van der Waals surface area contributed by atoms with Crippen molar-refractivity contribution in [1.29, 1.82) is 0 Å². The molecular formula is C22H27N3O4S. The van der Waals surface area contributed by atoms with Crippen molar-refractivity contribution in [3.05, 3.63) is 65.7 Å². The lowest BCUT2D eigenvalue weighted by Gasteiger charge is -2.38. The topological polar surface area (TPSA) is 86.8 Å². The molecule has 0 aliphatic carbocycles. The molecule has 1 N–H and O–H groups in total. The molecule has 0 saturated carbocycles. The molecule has 0 spiro atoms. The van der Waals surface area contributed by atoms with Gasteiger partial charge in [-0.25, -0.2) is 8.42 Å². The third-order valence-corrected chi connectivity index (χ3v) is 7.18. The Hall–Kier alpha value is -2.55. The maximum atomic E-state index is 13.3. The van der Waals surface area contributed by atoms with Crippen molar-refractivity contribution >= 4 is 27.4 Å². The maximum absolute atomic E-state index is 13.3. The van der Waals surface area contributed by atoms with Crippen molar-refractivity contribution in [1.82, 2.24) is 9.21 Å². The molecular weight excluding hydrogens is 402 g/mol. The standard InChI is InChI=1S/C22H27N3O4S/c1-3-30(28,29)25-14-12-24(13-15-25)21(18-8-5-4-6-9-18)22(27)23-20-11-7-10-19(16-20)17(2)26/h4-11,16,21H,3,12-15H2,1-2H3,(H,23,27). The number of anilines is 1. The van der Waals surface area contributed by atoms with Crippen LogP contribution in [0.15, 0.2) is 54.6 Å². The predicted molar refractivity (Wildman–Crippen MR) is 117 cm³/mol. The molecule has 7 nitrogen and oxygen atoms in total. The lowest BCUT2D eigenvalue weighted by molar-refractivity contribution is -0.122. The molecule has 160 valence electrons. The Morgan fingerprint density at radius 3 is 2.27 bits per heavy atom. The number of hydrogen-bond acceptors (Lipinski definition) is 5. The van der Waals surface area contributed by atoms with E-state index in [1.54, 1.807) is 31.2 Å². The molecule has 1 saturated heterocycles. The van der Waals surface area contributed by atoms with Crippen LogP contribution in [0.3, 0.4) is 0 Å². The van der Waals surface area contributed by atoms with E-state index in [0.29, 0.717) is 37.4 Å². The zero-order chi connectivity index (χ0) is 21.7. The molecule has 1 atom stereocenters. The second kappa shape index (κ2) is 9.51. The molecule has 1 aliphatic heterocycles. The summed E-state index contributed by atoms with van der Waals surface area (Å²) in [6.07, 6.45) is 0. The van der Waals surface area contributed by atoms with Crippen molar-refractivity contribution in [2.45, 2.75) is 19.9 Å². The Kier molecular flexibility index (Phi) is 7.02. The maximum Gasteiger partial charge on any atom is 0.246 e. The number of sulfonamides is 1. The van der Waals surface area contributed by atoms with Crippen LogP contribution in [-0.2, 0) is 14.8 Å². The van der Waals surface area contributed by atoms with Crippen LogP contribution in [0.2, 0.25) is 0 Å². The highest BCUT2D eigenvalue weighted by Crippen LogP contribution is 2.25. The molecule has 30 heavy (non-hydrogen) atoms. The SMILES string of the molecule is CCS(=O)(=O)N1CCN(C(C(=O)Nc2cccc(C(C)=O)c2)c2ccccc2)CC1. The van der Waals surface area contributed by atoms with Crippen LogP contribution in [0, 0.1) is 0 Å². The molecule has 2 aromatic rings. The zero-order valence-electron chi connectivity index (χ0n) is 17.2. The van der Waals surface area contributed by atoms with Crippen molar-refractivity contribution in [3.8, 4) is 0 Å². The summed E-state index contributed by atoms with van der Waals surface area (Å²) in [5.41, 5.74) is 1.92. The van der Waals surface area contributed by atoms with Crippen LogP contribution in [0.4, 0.5) is 5.69 Å². The van der Waals surface area contributed by atoms with Gasteiger partial charge >= 0.3 is 0 Å². The summed E-state index contributed by atoms with van der Waals surface area (Å²) in [5, 5.41) is 2.92. The van der Waals surface area contributed by atoms with E-state index in [9.17, 15) is 18.0 Å². The summed E-state index contributed by atoms with van der Waals surface area (Å²) < 4.78 is 25.8. The van der Waals surface area contributed by atoms with Gasteiger partial charge in [0.15, 0.2) is 5.78 Å². The van der Waals surface area contributed by atoms with Gasteiger partial charge in [-0.2, -0.15) is 4.31 Å². The fourth-order valence-electron chi connectivity index (χ4n) is 3.61. The Morgan fingerprint density at radius 1 is 1.00 bits per heavy atom. The smallest absolute Gasteiger partial charge is 0.246 e. The highest BCUT2D eigenvalue weighted by molar-refractivity contribution is 7.89. The lowest BCUT2D eigenvalue weighted by atomic mass is 10.0. The predicted octanol–water partition coefficient (Wildman–Crippen LogP) is 2.54. The molecule has 0 bridgehead atoms. The number of carbonyl (C=O) groups is 2. The summed E-state index contributed by atoms with van der Waals surface area (Å²) >= 11 is 0. The third kappa shape index (κ3) is 5.13. The number of benzene rings is 2. The number of nitrogens with zero attached hydrogens (tertiary/aromatic N) is 2. The number of hydrogen-bond donors (Lipinski definition) is 1. The van der Waals surface area contributed by atoms with Crippen molar-refractivity contribution in [2.24, 2.45) is 0 Å². The summed E-state index contributed by atoms with van der Waals surface area (Å²) in [5.74, 6) is -0.213. The summed E-state index contributed by atoms with van der Waals surface area (Å²) in [7, 11) is -3.24. The van der Waals surface area contributed by atoms with Gasteiger partial charge < -0.3 is 5.32 Å². The van der Waals surface area contributed by atoms with Gasteiger partial charge in [-0.3, -0.25) is 14.5 Å². The molecule has 1 heterocycles. The number of ketones is 1. The summed E-state index contributed by atoms with van der Waals surface area (Å²) in [6.45, 7) is 4.74. The first kappa shape index (κ1) is 22.1. The van der Waals surface area contributed by atoms with E-state index >= 15 is 0 Å². The minimum Gasteiger partial charge on any atom is -0.324 e. The number of nitrogens with one attached hydrogen (secondary N) is 1. The van der Waals surface area contributed by atoms with E-state index in [0.717, 1.165) is 5.56 Å². The molecule has 2 aromatic carbocycles. The Bertz CT molecular complexity index is 1000. The first-order chi connectivity index (χ1) is 14.3. The van der Waals surface area contributed by atoms with Gasteiger partial charge in [0.25, 0.3) is 0 Å². The minimum absolute atomic E-state index is 0.0704. The van der Waals surface area contributed by atoms with Gasteiger partial charge in [0.2, 0.25) is 15.9 Å². The molecule has 1 fully saturated rings. The third-order valence-electron chi connectivity index (χ3n) is 5.30. The minimum atomic E-state index is -3.24. The first-order valence-electron chi connectivity index (χ1n) is 10.0. The molecule has 3 rings (SSSR count). The van der Waals surface area contributed by atoms with Gasteiger partial charge in [0.05, 0.1) is 5.75 Å². The Labute approximate surface area is 177 Å². The second-order valence-electron chi connectivity index (χ2n) is 7.28. The largest absolute Gasteiger partial charge is 0.324 e. The highest BCUT2D eigenvalue weighted by Gasteiger charge is 2.33. The fraction of sp³-hybridized carbons (Fsp3) is 0.364. The van der Waals surface area contributed by atoms with Gasteiger partial charge in [-0.15, -0.1) is 0 Å². The number of carbonyl (C=O) groups excluding carboxylic acids is 2. The van der Waals surface area contributed by atoms with Gasteiger partial charge in [0, 0.05) is 37.4 Å². The van der Waals surface area contributed by atoms with Crippen LogP contribution in [0.1, 0.15) is 35.8 Å². The van der Waals surface area contributed by atoms with Crippen molar-refractivity contribution in [2.75, 3.05) is 37.2 Å². The highest BCUT2D eigenvalue weighted by atomic mass is 32.2. The Balaban J connectivity index is 1.81. The van der Waals surface area contributed by atoms with Gasteiger partial charge in [-0.05, 0) is 31.5 Å². The number of Topliss-reactive ketones (excluding diaryl/α,β-unsaturated/α-hetero) is 1. The van der Waals surface area contributed by atoms with Crippen LogP contribution in [0.5, 0.6) is 0 Å². The molecule has 1 aliphatic rings. The number of piperazine rings is 1. The van der Waals surface area contributed by atoms with Crippen LogP contribution in [0.25, 0.3) is 0 Å². The van der Waals surface area contributed by atoms with Crippen molar-refractivity contribution < 1.29 is 18.0 Å². The quantitative estimate of drug-likeness (QED) is 0.684. The average molecular weight is 430 g/mol. The number of rotatable bonds is 7. The fourth-order valence-corrected chi connectivity index (χ4v) is 4.70. The monoisotopic (exact) mass is 429 g/mol. The van der Waals surface area contributed by atoms with Crippen LogP contribution >= 0.6 is 0 Å². The van der Waals surface area contributed by atoms with E-state index in [1.165, 1.54) is 11.2 Å². The van der Waals surface area contributed by atoms with Crippen LogP contribution in [-0.4, -0.2) is 61.2 Å². The molecule has 1 unspecified atom stereocenters.